The molecule has 0 aliphatic heterocycles. The van der Waals surface area contributed by atoms with Crippen LogP contribution in [0.3, 0.4) is 0 Å². The molecule has 2 nitrogen and oxygen atoms in total. The molecule has 0 fully saturated rings. The number of hydrogen-bond donors (Lipinski definition) is 0. The number of halogens is 2. The molecule has 0 saturated carbocycles. The maximum Gasteiger partial charge on any atom is 0.239 e. The van der Waals surface area contributed by atoms with Crippen LogP contribution in [0.1, 0.15) is 33.3 Å². The summed E-state index contributed by atoms with van der Waals surface area (Å²) in [6, 6.07) is 7.76. The topological polar surface area (TPSA) is 20.3 Å². The number of benzene rings is 1. The van der Waals surface area contributed by atoms with Crippen LogP contribution in [-0.4, -0.2) is 21.2 Å². The molecule has 0 spiro atoms. The van der Waals surface area contributed by atoms with E-state index in [4.69, 9.17) is 11.6 Å². The Morgan fingerprint density at radius 1 is 1.44 bits per heavy atom. The van der Waals surface area contributed by atoms with E-state index in [1.807, 2.05) is 56.9 Å². The molecule has 1 aromatic rings. The molecule has 0 aromatic heterocycles. The normalized spacial score (nSPS) is 11.7. The fourth-order valence-corrected chi connectivity index (χ4v) is 2.10. The molecule has 0 heterocycles. The molecule has 1 rings (SSSR count). The van der Waals surface area contributed by atoms with Gasteiger partial charge in [0.15, 0.2) is 0 Å². The van der Waals surface area contributed by atoms with Gasteiger partial charge in [0.2, 0.25) is 5.91 Å². The minimum Gasteiger partial charge on any atom is -0.335 e. The number of rotatable bonds is 4. The van der Waals surface area contributed by atoms with Gasteiger partial charge in [0.1, 0.15) is 0 Å². The summed E-state index contributed by atoms with van der Waals surface area (Å²) in [5, 5.41) is 0.696. The number of hydrogen-bond acceptors (Lipinski definition) is 1. The van der Waals surface area contributed by atoms with Gasteiger partial charge in [0.25, 0.3) is 0 Å². The molecule has 100 valence electrons. The van der Waals surface area contributed by atoms with Crippen molar-refractivity contribution in [1.29, 1.82) is 0 Å². The lowest BCUT2D eigenvalue weighted by Crippen LogP contribution is -2.44. The summed E-state index contributed by atoms with van der Waals surface area (Å²) in [7, 11) is 0. The van der Waals surface area contributed by atoms with Crippen molar-refractivity contribution in [3.05, 3.63) is 34.9 Å². The molecule has 0 N–H and O–H groups in total. The van der Waals surface area contributed by atoms with Crippen LogP contribution in [0.2, 0.25) is 5.02 Å². The van der Waals surface area contributed by atoms with E-state index < -0.39 is 4.32 Å². The lowest BCUT2D eigenvalue weighted by molar-refractivity contribution is -0.135. The van der Waals surface area contributed by atoms with Gasteiger partial charge < -0.3 is 4.90 Å². The van der Waals surface area contributed by atoms with Crippen molar-refractivity contribution in [2.24, 2.45) is 0 Å². The first kappa shape index (κ1) is 15.5. The summed E-state index contributed by atoms with van der Waals surface area (Å²) in [5.41, 5.74) is 1.04. The zero-order valence-corrected chi connectivity index (χ0v) is 13.5. The quantitative estimate of drug-likeness (QED) is 0.755. The monoisotopic (exact) mass is 331 g/mol. The standard InChI is InChI=1S/C14H19BrClNO/c1-10(2)17(13(18)14(3,4)15)9-11-6-5-7-12(16)8-11/h5-8,10H,9H2,1-4H3. The van der Waals surface area contributed by atoms with Gasteiger partial charge in [0.05, 0.1) is 4.32 Å². The second kappa shape index (κ2) is 6.07. The van der Waals surface area contributed by atoms with E-state index in [1.165, 1.54) is 0 Å². The highest BCUT2D eigenvalue weighted by Gasteiger charge is 2.30. The Bertz CT molecular complexity index is 426. The van der Waals surface area contributed by atoms with Gasteiger partial charge in [-0.05, 0) is 45.4 Å². The van der Waals surface area contributed by atoms with Gasteiger partial charge in [-0.25, -0.2) is 0 Å². The van der Waals surface area contributed by atoms with Gasteiger partial charge in [-0.2, -0.15) is 0 Å². The van der Waals surface area contributed by atoms with Crippen molar-refractivity contribution in [2.75, 3.05) is 0 Å². The van der Waals surface area contributed by atoms with Crippen LogP contribution < -0.4 is 0 Å². The van der Waals surface area contributed by atoms with Crippen molar-refractivity contribution in [2.45, 2.75) is 44.6 Å². The van der Waals surface area contributed by atoms with Crippen molar-refractivity contribution >= 4 is 33.4 Å². The van der Waals surface area contributed by atoms with Crippen LogP contribution >= 0.6 is 27.5 Å². The van der Waals surface area contributed by atoms with Crippen LogP contribution in [-0.2, 0) is 11.3 Å². The minimum absolute atomic E-state index is 0.0810. The molecule has 0 unspecified atom stereocenters. The van der Waals surface area contributed by atoms with Crippen LogP contribution in [0.15, 0.2) is 24.3 Å². The summed E-state index contributed by atoms with van der Waals surface area (Å²) >= 11 is 9.39. The molecule has 0 radical (unpaired) electrons. The van der Waals surface area contributed by atoms with E-state index in [1.54, 1.807) is 0 Å². The maximum absolute atomic E-state index is 12.3. The van der Waals surface area contributed by atoms with Gasteiger partial charge in [-0.1, -0.05) is 39.7 Å². The lowest BCUT2D eigenvalue weighted by atomic mass is 10.1. The first-order valence-corrected chi connectivity index (χ1v) is 7.13. The van der Waals surface area contributed by atoms with E-state index in [0.717, 1.165) is 5.56 Å². The third-order valence-corrected chi connectivity index (χ3v) is 3.21. The van der Waals surface area contributed by atoms with Crippen LogP contribution in [0.25, 0.3) is 0 Å². The number of alkyl halides is 1. The molecule has 1 amide bonds. The summed E-state index contributed by atoms with van der Waals surface area (Å²) in [6.07, 6.45) is 0. The van der Waals surface area contributed by atoms with Crippen molar-refractivity contribution in [3.8, 4) is 0 Å². The highest BCUT2D eigenvalue weighted by Crippen LogP contribution is 2.23. The summed E-state index contributed by atoms with van der Waals surface area (Å²) in [4.78, 5) is 14.2. The fraction of sp³-hybridized carbons (Fsp3) is 0.500. The highest BCUT2D eigenvalue weighted by atomic mass is 79.9. The largest absolute Gasteiger partial charge is 0.335 e. The molecule has 4 heteroatoms. The minimum atomic E-state index is -0.546. The molecule has 0 aliphatic carbocycles. The molecular formula is C14H19BrClNO. The average molecular weight is 333 g/mol. The predicted molar refractivity (Wildman–Crippen MR) is 80.1 cm³/mol. The average Bonchev–Trinajstić information content (AvgIpc) is 2.23. The highest BCUT2D eigenvalue weighted by molar-refractivity contribution is 9.10. The van der Waals surface area contributed by atoms with Crippen molar-refractivity contribution < 1.29 is 4.79 Å². The fourth-order valence-electron chi connectivity index (χ4n) is 1.66. The Morgan fingerprint density at radius 3 is 2.50 bits per heavy atom. The first-order chi connectivity index (χ1) is 8.21. The van der Waals surface area contributed by atoms with E-state index in [2.05, 4.69) is 15.9 Å². The Hall–Kier alpha value is -0.540. The molecule has 0 atom stereocenters. The van der Waals surface area contributed by atoms with Crippen LogP contribution in [0.4, 0.5) is 0 Å². The smallest absolute Gasteiger partial charge is 0.239 e. The second-order valence-corrected chi connectivity index (χ2v) is 7.55. The van der Waals surface area contributed by atoms with Gasteiger partial charge in [-0.15, -0.1) is 0 Å². The SMILES string of the molecule is CC(C)N(Cc1cccc(Cl)c1)C(=O)C(C)(C)Br. The molecule has 18 heavy (non-hydrogen) atoms. The lowest BCUT2D eigenvalue weighted by Gasteiger charge is -2.32. The van der Waals surface area contributed by atoms with Crippen molar-refractivity contribution in [1.82, 2.24) is 4.90 Å². The Kier molecular flexibility index (Phi) is 5.23. The number of carbonyl (C=O) groups is 1. The van der Waals surface area contributed by atoms with Crippen LogP contribution in [0, 0.1) is 0 Å². The Labute approximate surface area is 122 Å². The molecular weight excluding hydrogens is 314 g/mol. The van der Waals surface area contributed by atoms with E-state index in [9.17, 15) is 4.79 Å². The number of amides is 1. The summed E-state index contributed by atoms with van der Waals surface area (Å²) in [5.74, 6) is 0.0810. The first-order valence-electron chi connectivity index (χ1n) is 5.96. The molecule has 0 bridgehead atoms. The van der Waals surface area contributed by atoms with Gasteiger partial charge >= 0.3 is 0 Å². The maximum atomic E-state index is 12.3. The van der Waals surface area contributed by atoms with E-state index in [-0.39, 0.29) is 11.9 Å². The number of nitrogens with zero attached hydrogens (tertiary/aromatic N) is 1. The Morgan fingerprint density at radius 2 is 2.06 bits per heavy atom. The molecule has 1 aromatic carbocycles. The van der Waals surface area contributed by atoms with Crippen molar-refractivity contribution in [3.63, 3.8) is 0 Å². The molecule has 0 saturated heterocycles. The predicted octanol–water partition coefficient (Wildman–Crippen LogP) is 4.25. The third kappa shape index (κ3) is 4.29. The molecule has 0 aliphatic rings. The zero-order chi connectivity index (χ0) is 13.9. The second-order valence-electron chi connectivity index (χ2n) is 5.13. The third-order valence-electron chi connectivity index (χ3n) is 2.63. The number of carbonyl (C=O) groups excluding carboxylic acids is 1. The zero-order valence-electron chi connectivity index (χ0n) is 11.2. The Balaban J connectivity index is 2.91. The van der Waals surface area contributed by atoms with E-state index >= 15 is 0 Å². The van der Waals surface area contributed by atoms with E-state index in [0.29, 0.717) is 11.6 Å². The summed E-state index contributed by atoms with van der Waals surface area (Å²) in [6.45, 7) is 8.33. The van der Waals surface area contributed by atoms with Gasteiger partial charge in [0, 0.05) is 17.6 Å². The van der Waals surface area contributed by atoms with Crippen LogP contribution in [0.5, 0.6) is 0 Å². The van der Waals surface area contributed by atoms with Gasteiger partial charge in [-0.3, -0.25) is 4.79 Å². The summed E-state index contributed by atoms with van der Waals surface area (Å²) < 4.78 is -0.546.